The van der Waals surface area contributed by atoms with Crippen LogP contribution in [0.5, 0.6) is 17.2 Å². The Morgan fingerprint density at radius 2 is 1.79 bits per heavy atom. The second-order valence-electron chi connectivity index (χ2n) is 5.74. The van der Waals surface area contributed by atoms with E-state index in [9.17, 15) is 13.6 Å². The van der Waals surface area contributed by atoms with Crippen molar-refractivity contribution in [1.29, 1.82) is 0 Å². The van der Waals surface area contributed by atoms with Crippen molar-refractivity contribution in [2.75, 3.05) is 21.3 Å². The molecule has 0 atom stereocenters. The molecule has 0 aliphatic carbocycles. The van der Waals surface area contributed by atoms with Crippen molar-refractivity contribution in [2.45, 2.75) is 6.54 Å². The lowest BCUT2D eigenvalue weighted by Crippen LogP contribution is -2.17. The number of hydrogen-bond acceptors (Lipinski definition) is 5. The topological polar surface area (TPSA) is 62.1 Å². The molecule has 0 N–H and O–H groups in total. The number of ether oxygens (including phenoxy) is 3. The normalized spacial score (nSPS) is 11.4. The Morgan fingerprint density at radius 1 is 1.14 bits per heavy atom. The van der Waals surface area contributed by atoms with E-state index in [1.165, 1.54) is 44.1 Å². The van der Waals surface area contributed by atoms with Crippen molar-refractivity contribution in [3.05, 3.63) is 46.3 Å². The molecule has 9 heteroatoms. The largest absolute Gasteiger partial charge is 0.493 e. The van der Waals surface area contributed by atoms with Gasteiger partial charge in [-0.15, -0.1) is 6.42 Å². The molecule has 0 saturated carbocycles. The first-order valence-corrected chi connectivity index (χ1v) is 9.06. The van der Waals surface area contributed by atoms with Crippen LogP contribution in [0.25, 0.3) is 10.2 Å². The van der Waals surface area contributed by atoms with Gasteiger partial charge in [-0.2, -0.15) is 4.99 Å². The smallest absolute Gasteiger partial charge is 0.279 e. The van der Waals surface area contributed by atoms with E-state index in [2.05, 4.69) is 10.9 Å². The number of carbonyl (C=O) groups excluding carboxylic acids is 1. The number of halogens is 2. The zero-order valence-corrected chi connectivity index (χ0v) is 16.6. The highest BCUT2D eigenvalue weighted by Gasteiger charge is 2.18. The standard InChI is InChI=1S/C20H16F2N2O4S/c1-5-6-24-17-13(22)9-12(21)10-16(17)29-20(24)23-19(25)11-7-14(26-2)18(28-4)15(8-11)27-3/h1,7-10H,6H2,2-4H3. The van der Waals surface area contributed by atoms with E-state index in [1.54, 1.807) is 0 Å². The molecular formula is C20H16F2N2O4S. The van der Waals surface area contributed by atoms with Gasteiger partial charge in [0.2, 0.25) is 5.75 Å². The number of thiazole rings is 1. The number of aromatic nitrogens is 1. The minimum absolute atomic E-state index is 0.0378. The molecule has 6 nitrogen and oxygen atoms in total. The summed E-state index contributed by atoms with van der Waals surface area (Å²) in [7, 11) is 4.29. The molecule has 0 spiro atoms. The number of hydrogen-bond donors (Lipinski definition) is 0. The molecule has 0 saturated heterocycles. The number of methoxy groups -OCH3 is 3. The third-order valence-corrected chi connectivity index (χ3v) is 5.08. The summed E-state index contributed by atoms with van der Waals surface area (Å²) in [6.45, 7) is -0.0378. The van der Waals surface area contributed by atoms with E-state index in [1.807, 2.05) is 0 Å². The van der Waals surface area contributed by atoms with Crippen LogP contribution in [0.15, 0.2) is 29.3 Å². The number of terminal acetylenes is 1. The fourth-order valence-corrected chi connectivity index (χ4v) is 3.88. The molecular weight excluding hydrogens is 402 g/mol. The summed E-state index contributed by atoms with van der Waals surface area (Å²) in [5.41, 5.74) is 0.252. The molecule has 3 aromatic rings. The van der Waals surface area contributed by atoms with Gasteiger partial charge in [0.1, 0.15) is 5.82 Å². The second kappa shape index (κ2) is 8.32. The SMILES string of the molecule is C#CCn1c(=NC(=O)c2cc(OC)c(OC)c(OC)c2)sc2cc(F)cc(F)c21. The lowest BCUT2D eigenvalue weighted by Gasteiger charge is -2.12. The van der Waals surface area contributed by atoms with E-state index in [0.29, 0.717) is 5.75 Å². The van der Waals surface area contributed by atoms with Crippen LogP contribution in [0.3, 0.4) is 0 Å². The zero-order valence-electron chi connectivity index (χ0n) is 15.8. The fraction of sp³-hybridized carbons (Fsp3) is 0.200. The third kappa shape index (κ3) is 3.79. The lowest BCUT2D eigenvalue weighted by atomic mass is 10.1. The van der Waals surface area contributed by atoms with Gasteiger partial charge in [-0.1, -0.05) is 17.3 Å². The first-order chi connectivity index (χ1) is 13.9. The minimum atomic E-state index is -0.784. The fourth-order valence-electron chi connectivity index (χ4n) is 2.81. The molecule has 0 aliphatic rings. The zero-order chi connectivity index (χ0) is 21.1. The average molecular weight is 418 g/mol. The van der Waals surface area contributed by atoms with Crippen LogP contribution < -0.4 is 19.0 Å². The summed E-state index contributed by atoms with van der Waals surface area (Å²) in [6, 6.07) is 4.82. The summed E-state index contributed by atoms with van der Waals surface area (Å²) >= 11 is 0.955. The van der Waals surface area contributed by atoms with Gasteiger partial charge >= 0.3 is 0 Å². The summed E-state index contributed by atoms with van der Waals surface area (Å²) in [5, 5.41) is 0. The van der Waals surface area contributed by atoms with Crippen LogP contribution in [0.2, 0.25) is 0 Å². The van der Waals surface area contributed by atoms with Crippen LogP contribution in [0.4, 0.5) is 8.78 Å². The van der Waals surface area contributed by atoms with Gasteiger partial charge < -0.3 is 18.8 Å². The number of benzene rings is 2. The van der Waals surface area contributed by atoms with Crippen molar-refractivity contribution in [3.63, 3.8) is 0 Å². The van der Waals surface area contributed by atoms with Crippen molar-refractivity contribution < 1.29 is 27.8 Å². The monoisotopic (exact) mass is 418 g/mol. The highest BCUT2D eigenvalue weighted by molar-refractivity contribution is 7.16. The van der Waals surface area contributed by atoms with Crippen LogP contribution >= 0.6 is 11.3 Å². The molecule has 0 unspecified atom stereocenters. The number of rotatable bonds is 5. The second-order valence-corrected chi connectivity index (χ2v) is 6.75. The molecule has 2 aromatic carbocycles. The predicted octanol–water partition coefficient (Wildman–Crippen LogP) is 3.38. The summed E-state index contributed by atoms with van der Waals surface area (Å²) in [4.78, 5) is 17.0. The molecule has 29 heavy (non-hydrogen) atoms. The van der Waals surface area contributed by atoms with Gasteiger partial charge in [-0.25, -0.2) is 8.78 Å². The van der Waals surface area contributed by atoms with Gasteiger partial charge in [-0.3, -0.25) is 4.79 Å². The number of fused-ring (bicyclic) bond motifs is 1. The Hall–Kier alpha value is -3.38. The lowest BCUT2D eigenvalue weighted by molar-refractivity contribution is 0.0997. The molecule has 1 aromatic heterocycles. The van der Waals surface area contributed by atoms with Crippen molar-refractivity contribution in [2.24, 2.45) is 4.99 Å². The van der Waals surface area contributed by atoms with E-state index in [-0.39, 0.29) is 38.6 Å². The minimum Gasteiger partial charge on any atom is -0.493 e. The number of carbonyl (C=O) groups is 1. The van der Waals surface area contributed by atoms with Crippen LogP contribution in [-0.2, 0) is 6.54 Å². The highest BCUT2D eigenvalue weighted by atomic mass is 32.1. The molecule has 0 bridgehead atoms. The maximum Gasteiger partial charge on any atom is 0.279 e. The Balaban J connectivity index is 2.19. The quantitative estimate of drug-likeness (QED) is 0.596. The average Bonchev–Trinajstić information content (AvgIpc) is 3.03. The molecule has 150 valence electrons. The highest BCUT2D eigenvalue weighted by Crippen LogP contribution is 2.38. The summed E-state index contributed by atoms with van der Waals surface area (Å²) in [6.07, 6.45) is 5.37. The van der Waals surface area contributed by atoms with Gasteiger partial charge in [0, 0.05) is 11.6 Å². The molecule has 0 aliphatic heterocycles. The number of nitrogens with zero attached hydrogens (tertiary/aromatic N) is 2. The van der Waals surface area contributed by atoms with Gasteiger partial charge in [0.25, 0.3) is 5.91 Å². The van der Waals surface area contributed by atoms with E-state index >= 15 is 0 Å². The molecule has 1 heterocycles. The predicted molar refractivity (Wildman–Crippen MR) is 105 cm³/mol. The van der Waals surface area contributed by atoms with Crippen LogP contribution in [0.1, 0.15) is 10.4 Å². The van der Waals surface area contributed by atoms with Crippen molar-refractivity contribution >= 4 is 27.5 Å². The maximum atomic E-state index is 14.3. The molecule has 0 fully saturated rings. The Morgan fingerprint density at radius 3 is 2.34 bits per heavy atom. The van der Waals surface area contributed by atoms with Crippen molar-refractivity contribution in [3.8, 4) is 29.6 Å². The van der Waals surface area contributed by atoms with Gasteiger partial charge in [0.15, 0.2) is 22.1 Å². The van der Waals surface area contributed by atoms with Gasteiger partial charge in [-0.05, 0) is 18.2 Å². The first kappa shape index (κ1) is 20.4. The van der Waals surface area contributed by atoms with E-state index in [0.717, 1.165) is 17.4 Å². The Kier molecular flexibility index (Phi) is 5.84. The van der Waals surface area contributed by atoms with Crippen LogP contribution in [-0.4, -0.2) is 31.8 Å². The molecule has 1 amide bonds. The summed E-state index contributed by atoms with van der Waals surface area (Å²) in [5.74, 6) is 1.13. The molecule has 3 rings (SSSR count). The maximum absolute atomic E-state index is 14.3. The van der Waals surface area contributed by atoms with Crippen molar-refractivity contribution in [1.82, 2.24) is 4.57 Å². The Bertz CT molecular complexity index is 1180. The summed E-state index contributed by atoms with van der Waals surface area (Å²) < 4.78 is 45.2. The first-order valence-electron chi connectivity index (χ1n) is 8.24. The Labute approximate surface area is 169 Å². The molecule has 0 radical (unpaired) electrons. The van der Waals surface area contributed by atoms with E-state index in [4.69, 9.17) is 20.6 Å². The number of amides is 1. The van der Waals surface area contributed by atoms with E-state index < -0.39 is 17.5 Å². The third-order valence-electron chi connectivity index (χ3n) is 4.05. The van der Waals surface area contributed by atoms with Gasteiger partial charge in [0.05, 0.1) is 38.1 Å². The van der Waals surface area contributed by atoms with Crippen LogP contribution in [0, 0.1) is 24.0 Å².